The molecule has 0 unspecified atom stereocenters. The number of pyridine rings is 1. The Labute approximate surface area is 114 Å². The highest BCUT2D eigenvalue weighted by Crippen LogP contribution is 2.26. The van der Waals surface area contributed by atoms with Gasteiger partial charge in [-0.3, -0.25) is 9.78 Å². The first-order chi connectivity index (χ1) is 8.25. The molecule has 1 saturated heterocycles. The summed E-state index contributed by atoms with van der Waals surface area (Å²) in [5.41, 5.74) is 0.801. The molecule has 0 radical (unpaired) electrons. The minimum atomic E-state index is 0.105. The molecule has 3 nitrogen and oxygen atoms in total. The van der Waals surface area contributed by atoms with Crippen LogP contribution in [0.4, 0.5) is 5.69 Å². The highest BCUT2D eigenvalue weighted by Gasteiger charge is 2.17. The second-order valence-corrected chi connectivity index (χ2v) is 6.24. The van der Waals surface area contributed by atoms with E-state index in [4.69, 9.17) is 0 Å². The Hall–Kier alpha value is -0.550. The minimum Gasteiger partial charge on any atom is -0.325 e. The van der Waals surface area contributed by atoms with Crippen LogP contribution in [-0.2, 0) is 4.79 Å². The molecule has 0 bridgehead atoms. The summed E-state index contributed by atoms with van der Waals surface area (Å²) in [6.45, 7) is 0. The molecule has 5 heteroatoms. The second kappa shape index (κ2) is 6.40. The first-order valence-electron chi connectivity index (χ1n) is 5.73. The van der Waals surface area contributed by atoms with Crippen molar-refractivity contribution in [3.63, 3.8) is 0 Å². The summed E-state index contributed by atoms with van der Waals surface area (Å²) in [6.07, 6.45) is 6.32. The van der Waals surface area contributed by atoms with E-state index in [-0.39, 0.29) is 5.91 Å². The molecule has 1 aliphatic rings. The Morgan fingerprint density at radius 1 is 1.53 bits per heavy atom. The van der Waals surface area contributed by atoms with Crippen LogP contribution in [0.5, 0.6) is 0 Å². The van der Waals surface area contributed by atoms with E-state index in [9.17, 15) is 4.79 Å². The molecule has 1 N–H and O–H groups in total. The van der Waals surface area contributed by atoms with Gasteiger partial charge in [0.2, 0.25) is 5.91 Å². The molecule has 1 aromatic rings. The molecule has 1 amide bonds. The molecule has 1 aromatic heterocycles. The largest absolute Gasteiger partial charge is 0.325 e. The van der Waals surface area contributed by atoms with Crippen molar-refractivity contribution < 1.29 is 4.79 Å². The molecule has 0 aliphatic carbocycles. The van der Waals surface area contributed by atoms with E-state index >= 15 is 0 Å². The summed E-state index contributed by atoms with van der Waals surface area (Å²) in [5.74, 6) is 3.04. The van der Waals surface area contributed by atoms with Crippen molar-refractivity contribution in [1.29, 1.82) is 0 Å². The lowest BCUT2D eigenvalue weighted by atomic mass is 9.98. The van der Waals surface area contributed by atoms with Crippen LogP contribution in [0.1, 0.15) is 19.3 Å². The van der Waals surface area contributed by atoms with Gasteiger partial charge >= 0.3 is 0 Å². The maximum absolute atomic E-state index is 11.9. The lowest BCUT2D eigenvalue weighted by Gasteiger charge is -2.20. The third-order valence-corrected chi connectivity index (χ3v) is 4.54. The zero-order valence-electron chi connectivity index (χ0n) is 9.49. The van der Waals surface area contributed by atoms with Crippen molar-refractivity contribution in [2.24, 2.45) is 5.92 Å². The predicted molar refractivity (Wildman–Crippen MR) is 75.2 cm³/mol. The summed E-state index contributed by atoms with van der Waals surface area (Å²) in [7, 11) is 0. The zero-order valence-corrected chi connectivity index (χ0v) is 11.9. The number of nitrogens with one attached hydrogen (secondary N) is 1. The Balaban J connectivity index is 1.86. The molecular weight excluding hydrogens is 300 g/mol. The maximum atomic E-state index is 11.9. The molecule has 0 aromatic carbocycles. The van der Waals surface area contributed by atoms with Crippen LogP contribution in [0.2, 0.25) is 0 Å². The van der Waals surface area contributed by atoms with Crippen molar-refractivity contribution in [2.75, 3.05) is 16.8 Å². The number of hydrogen-bond donors (Lipinski definition) is 1. The van der Waals surface area contributed by atoms with E-state index in [1.807, 2.05) is 11.8 Å². The van der Waals surface area contributed by atoms with Gasteiger partial charge in [-0.2, -0.15) is 11.8 Å². The van der Waals surface area contributed by atoms with Crippen molar-refractivity contribution in [2.45, 2.75) is 19.3 Å². The standard InChI is InChI=1S/C12H15BrN2OS/c13-10-8-14-4-1-11(10)15-12(16)7-9-2-5-17-6-3-9/h1,4,8-9H,2-3,5-7H2,(H,14,15,16). The van der Waals surface area contributed by atoms with E-state index < -0.39 is 0 Å². The molecule has 0 atom stereocenters. The number of anilines is 1. The molecule has 92 valence electrons. The number of amides is 1. The number of hydrogen-bond acceptors (Lipinski definition) is 3. The third kappa shape index (κ3) is 4.00. The summed E-state index contributed by atoms with van der Waals surface area (Å²) >= 11 is 5.35. The molecule has 0 saturated carbocycles. The SMILES string of the molecule is O=C(CC1CCSCC1)Nc1ccncc1Br. The van der Waals surface area contributed by atoms with Gasteiger partial charge in [0.25, 0.3) is 0 Å². The van der Waals surface area contributed by atoms with E-state index in [0.29, 0.717) is 12.3 Å². The molecule has 2 rings (SSSR count). The molecule has 1 fully saturated rings. The van der Waals surface area contributed by atoms with Gasteiger partial charge in [-0.25, -0.2) is 0 Å². The van der Waals surface area contributed by atoms with Crippen LogP contribution in [0.15, 0.2) is 22.9 Å². The normalized spacial score (nSPS) is 16.8. The topological polar surface area (TPSA) is 42.0 Å². The molecule has 17 heavy (non-hydrogen) atoms. The average Bonchev–Trinajstić information content (AvgIpc) is 2.33. The molecule has 2 heterocycles. The number of rotatable bonds is 3. The van der Waals surface area contributed by atoms with Crippen molar-refractivity contribution >= 4 is 39.3 Å². The third-order valence-electron chi connectivity index (χ3n) is 2.86. The van der Waals surface area contributed by atoms with Crippen LogP contribution in [0, 0.1) is 5.92 Å². The number of carbonyl (C=O) groups excluding carboxylic acids is 1. The minimum absolute atomic E-state index is 0.105. The summed E-state index contributed by atoms with van der Waals surface area (Å²) in [6, 6.07) is 1.80. The quantitative estimate of drug-likeness (QED) is 0.930. The van der Waals surface area contributed by atoms with Gasteiger partial charge < -0.3 is 5.32 Å². The molecule has 0 spiro atoms. The summed E-state index contributed by atoms with van der Waals surface area (Å²) < 4.78 is 0.826. The first kappa shape index (κ1) is 12.9. The Kier molecular flexibility index (Phi) is 4.86. The fraction of sp³-hybridized carbons (Fsp3) is 0.500. The van der Waals surface area contributed by atoms with E-state index in [1.54, 1.807) is 18.5 Å². The number of aromatic nitrogens is 1. The van der Waals surface area contributed by atoms with Gasteiger partial charge in [0.05, 0.1) is 10.2 Å². The highest BCUT2D eigenvalue weighted by molar-refractivity contribution is 9.10. The lowest BCUT2D eigenvalue weighted by molar-refractivity contribution is -0.117. The van der Waals surface area contributed by atoms with E-state index in [1.165, 1.54) is 11.5 Å². The summed E-state index contributed by atoms with van der Waals surface area (Å²) in [4.78, 5) is 15.8. The van der Waals surface area contributed by atoms with Crippen molar-refractivity contribution in [3.05, 3.63) is 22.9 Å². The van der Waals surface area contributed by atoms with Crippen LogP contribution >= 0.6 is 27.7 Å². The Morgan fingerprint density at radius 3 is 3.00 bits per heavy atom. The molecular formula is C12H15BrN2OS. The number of thioether (sulfide) groups is 1. The van der Waals surface area contributed by atoms with Crippen molar-refractivity contribution in [1.82, 2.24) is 4.98 Å². The van der Waals surface area contributed by atoms with Crippen LogP contribution in [-0.4, -0.2) is 22.4 Å². The van der Waals surface area contributed by atoms with Crippen LogP contribution in [0.3, 0.4) is 0 Å². The summed E-state index contributed by atoms with van der Waals surface area (Å²) in [5, 5.41) is 2.92. The Bertz CT molecular complexity index is 394. The average molecular weight is 315 g/mol. The van der Waals surface area contributed by atoms with Gasteiger partial charge in [0.1, 0.15) is 0 Å². The van der Waals surface area contributed by atoms with Gasteiger partial charge in [-0.15, -0.1) is 0 Å². The zero-order chi connectivity index (χ0) is 12.1. The fourth-order valence-electron chi connectivity index (χ4n) is 1.89. The van der Waals surface area contributed by atoms with E-state index in [0.717, 1.165) is 23.0 Å². The number of carbonyl (C=O) groups is 1. The highest BCUT2D eigenvalue weighted by atomic mass is 79.9. The van der Waals surface area contributed by atoms with Crippen LogP contribution < -0.4 is 5.32 Å². The van der Waals surface area contributed by atoms with Gasteiger partial charge in [-0.05, 0) is 52.3 Å². The molecule has 1 aliphatic heterocycles. The second-order valence-electron chi connectivity index (χ2n) is 4.16. The Morgan fingerprint density at radius 2 is 2.29 bits per heavy atom. The smallest absolute Gasteiger partial charge is 0.224 e. The predicted octanol–water partition coefficient (Wildman–Crippen LogP) is 3.32. The number of halogens is 1. The van der Waals surface area contributed by atoms with Gasteiger partial charge in [-0.1, -0.05) is 0 Å². The van der Waals surface area contributed by atoms with E-state index in [2.05, 4.69) is 26.2 Å². The monoisotopic (exact) mass is 314 g/mol. The first-order valence-corrected chi connectivity index (χ1v) is 7.67. The van der Waals surface area contributed by atoms with Gasteiger partial charge in [0, 0.05) is 18.8 Å². The number of nitrogens with zero attached hydrogens (tertiary/aromatic N) is 1. The van der Waals surface area contributed by atoms with Crippen molar-refractivity contribution in [3.8, 4) is 0 Å². The van der Waals surface area contributed by atoms with Gasteiger partial charge in [0.15, 0.2) is 0 Å². The lowest BCUT2D eigenvalue weighted by Crippen LogP contribution is -2.19. The maximum Gasteiger partial charge on any atom is 0.224 e. The van der Waals surface area contributed by atoms with Crippen LogP contribution in [0.25, 0.3) is 0 Å². The fourth-order valence-corrected chi connectivity index (χ4v) is 3.44.